The van der Waals surface area contributed by atoms with Crippen LogP contribution in [0.15, 0.2) is 18.2 Å². The Morgan fingerprint density at radius 1 is 1.13 bits per heavy atom. The molecule has 3 aliphatic rings. The number of amides is 1. The quantitative estimate of drug-likeness (QED) is 0.740. The van der Waals surface area contributed by atoms with Crippen LogP contribution in [-0.4, -0.2) is 52.5 Å². The number of anilines is 1. The molecule has 31 heavy (non-hydrogen) atoms. The SMILES string of the molecule is COc1cc(C2CC2)ccc1-c1nnc(N[C@@H]2CCCN(C(=O)O)C2)c2c1CCCC2. The molecule has 7 heteroatoms. The van der Waals surface area contributed by atoms with Gasteiger partial charge in [-0.1, -0.05) is 6.07 Å². The molecule has 7 nitrogen and oxygen atoms in total. The second-order valence-corrected chi connectivity index (χ2v) is 9.01. The number of nitrogens with zero attached hydrogens (tertiary/aromatic N) is 3. The van der Waals surface area contributed by atoms with Crippen LogP contribution < -0.4 is 10.1 Å². The first kappa shape index (κ1) is 20.1. The predicted octanol–water partition coefficient (Wildman–Crippen LogP) is 4.46. The Bertz CT molecular complexity index is 989. The van der Waals surface area contributed by atoms with E-state index in [0.717, 1.165) is 61.3 Å². The molecular weight excluding hydrogens is 392 g/mol. The fourth-order valence-electron chi connectivity index (χ4n) is 5.02. The molecule has 1 saturated heterocycles. The highest BCUT2D eigenvalue weighted by molar-refractivity contribution is 5.73. The number of aromatic nitrogens is 2. The van der Waals surface area contributed by atoms with Crippen LogP contribution >= 0.6 is 0 Å². The lowest BCUT2D eigenvalue weighted by molar-refractivity contribution is 0.132. The normalized spacial score (nSPS) is 20.8. The number of fused-ring (bicyclic) bond motifs is 1. The molecule has 0 radical (unpaired) electrons. The van der Waals surface area contributed by atoms with Crippen LogP contribution in [0.1, 0.15) is 61.1 Å². The highest BCUT2D eigenvalue weighted by Crippen LogP contribution is 2.44. The molecule has 2 fully saturated rings. The lowest BCUT2D eigenvalue weighted by atomic mass is 9.88. The van der Waals surface area contributed by atoms with Gasteiger partial charge in [0.1, 0.15) is 11.4 Å². The maximum atomic E-state index is 11.4. The first-order valence-corrected chi connectivity index (χ1v) is 11.4. The fourth-order valence-corrected chi connectivity index (χ4v) is 5.02. The van der Waals surface area contributed by atoms with Crippen LogP contribution in [0, 0.1) is 0 Å². The van der Waals surface area contributed by atoms with Gasteiger partial charge in [-0.05, 0) is 80.5 Å². The van der Waals surface area contributed by atoms with E-state index >= 15 is 0 Å². The summed E-state index contributed by atoms with van der Waals surface area (Å²) in [5, 5.41) is 22.1. The molecule has 1 aromatic heterocycles. The van der Waals surface area contributed by atoms with Crippen LogP contribution in [0.2, 0.25) is 0 Å². The van der Waals surface area contributed by atoms with Crippen molar-refractivity contribution in [3.8, 4) is 17.0 Å². The van der Waals surface area contributed by atoms with E-state index in [0.29, 0.717) is 19.0 Å². The highest BCUT2D eigenvalue weighted by Gasteiger charge is 2.28. The van der Waals surface area contributed by atoms with E-state index in [9.17, 15) is 9.90 Å². The number of carbonyl (C=O) groups is 1. The van der Waals surface area contributed by atoms with Gasteiger partial charge in [-0.25, -0.2) is 4.79 Å². The first-order chi connectivity index (χ1) is 15.1. The van der Waals surface area contributed by atoms with Crippen LogP contribution in [0.5, 0.6) is 5.75 Å². The summed E-state index contributed by atoms with van der Waals surface area (Å²) in [6.45, 7) is 1.09. The van der Waals surface area contributed by atoms with Gasteiger partial charge in [0, 0.05) is 30.3 Å². The van der Waals surface area contributed by atoms with Gasteiger partial charge in [-0.3, -0.25) is 0 Å². The average Bonchev–Trinajstić information content (AvgIpc) is 3.65. The summed E-state index contributed by atoms with van der Waals surface area (Å²) in [4.78, 5) is 12.9. The summed E-state index contributed by atoms with van der Waals surface area (Å²) in [6.07, 6.45) is 7.71. The molecule has 164 valence electrons. The molecule has 5 rings (SSSR count). The smallest absolute Gasteiger partial charge is 0.407 e. The molecule has 2 aliphatic carbocycles. The van der Waals surface area contributed by atoms with Crippen LogP contribution in [0.25, 0.3) is 11.3 Å². The molecule has 0 spiro atoms. The maximum Gasteiger partial charge on any atom is 0.407 e. The monoisotopic (exact) mass is 422 g/mol. The van der Waals surface area contributed by atoms with E-state index in [-0.39, 0.29) is 6.04 Å². The molecule has 1 atom stereocenters. The van der Waals surface area contributed by atoms with Gasteiger partial charge in [0.15, 0.2) is 5.82 Å². The number of piperidine rings is 1. The third-order valence-corrected chi connectivity index (χ3v) is 6.85. The zero-order valence-electron chi connectivity index (χ0n) is 18.1. The summed E-state index contributed by atoms with van der Waals surface area (Å²) in [5.74, 6) is 2.37. The molecule has 1 saturated carbocycles. The Morgan fingerprint density at radius 2 is 1.94 bits per heavy atom. The number of methoxy groups -OCH3 is 1. The summed E-state index contributed by atoms with van der Waals surface area (Å²) in [5.41, 5.74) is 5.78. The van der Waals surface area contributed by atoms with Gasteiger partial charge < -0.3 is 20.1 Å². The molecule has 0 bridgehead atoms. The number of rotatable bonds is 5. The van der Waals surface area contributed by atoms with E-state index in [1.165, 1.54) is 34.4 Å². The lowest BCUT2D eigenvalue weighted by Crippen LogP contribution is -2.44. The van der Waals surface area contributed by atoms with Crippen LogP contribution in [0.3, 0.4) is 0 Å². The molecule has 2 heterocycles. The summed E-state index contributed by atoms with van der Waals surface area (Å²) >= 11 is 0. The Kier molecular flexibility index (Phi) is 5.42. The number of benzene rings is 1. The van der Waals surface area contributed by atoms with Gasteiger partial charge in [0.2, 0.25) is 0 Å². The Balaban J connectivity index is 1.46. The van der Waals surface area contributed by atoms with Crippen molar-refractivity contribution in [2.45, 2.75) is 63.3 Å². The van der Waals surface area contributed by atoms with Gasteiger partial charge in [0.25, 0.3) is 0 Å². The van der Waals surface area contributed by atoms with Crippen molar-refractivity contribution in [3.63, 3.8) is 0 Å². The van der Waals surface area contributed by atoms with Crippen LogP contribution in [0.4, 0.5) is 10.6 Å². The Hall–Kier alpha value is -2.83. The third-order valence-electron chi connectivity index (χ3n) is 6.85. The van der Waals surface area contributed by atoms with E-state index in [4.69, 9.17) is 4.74 Å². The van der Waals surface area contributed by atoms with Crippen molar-refractivity contribution < 1.29 is 14.6 Å². The van der Waals surface area contributed by atoms with E-state index in [2.05, 4.69) is 33.7 Å². The summed E-state index contributed by atoms with van der Waals surface area (Å²) in [6, 6.07) is 6.59. The van der Waals surface area contributed by atoms with Crippen molar-refractivity contribution >= 4 is 11.9 Å². The molecule has 1 amide bonds. The zero-order valence-corrected chi connectivity index (χ0v) is 18.1. The molecule has 1 aliphatic heterocycles. The average molecular weight is 423 g/mol. The van der Waals surface area contributed by atoms with E-state index in [1.54, 1.807) is 7.11 Å². The third kappa shape index (κ3) is 4.05. The first-order valence-electron chi connectivity index (χ1n) is 11.4. The number of hydrogen-bond acceptors (Lipinski definition) is 5. The second-order valence-electron chi connectivity index (χ2n) is 9.01. The molecular formula is C24H30N4O3. The van der Waals surface area contributed by atoms with Crippen molar-refractivity contribution in [3.05, 3.63) is 34.9 Å². The molecule has 2 N–H and O–H groups in total. The van der Waals surface area contributed by atoms with Crippen molar-refractivity contribution in [2.75, 3.05) is 25.5 Å². The maximum absolute atomic E-state index is 11.4. The molecule has 2 aromatic rings. The Morgan fingerprint density at radius 3 is 2.68 bits per heavy atom. The second kappa shape index (κ2) is 8.36. The minimum atomic E-state index is -0.850. The van der Waals surface area contributed by atoms with E-state index < -0.39 is 6.09 Å². The largest absolute Gasteiger partial charge is 0.496 e. The lowest BCUT2D eigenvalue weighted by Gasteiger charge is -2.32. The predicted molar refractivity (Wildman–Crippen MR) is 119 cm³/mol. The topological polar surface area (TPSA) is 87.6 Å². The number of ether oxygens (including phenoxy) is 1. The Labute approximate surface area is 182 Å². The number of carboxylic acid groups (broad SMARTS) is 1. The zero-order chi connectivity index (χ0) is 21.4. The highest BCUT2D eigenvalue weighted by atomic mass is 16.5. The van der Waals surface area contributed by atoms with Crippen molar-refractivity contribution in [2.24, 2.45) is 0 Å². The van der Waals surface area contributed by atoms with E-state index in [1.807, 2.05) is 0 Å². The standard InChI is InChI=1S/C24H30N4O3/c1-31-21-13-16(15-8-9-15)10-11-20(21)22-18-6-2-3-7-19(18)23(27-26-22)25-17-5-4-12-28(14-17)24(29)30/h10-11,13,15,17H,2-9,12,14H2,1H3,(H,25,27)(H,29,30)/t17-/m1/s1. The van der Waals surface area contributed by atoms with Gasteiger partial charge in [0.05, 0.1) is 7.11 Å². The fraction of sp³-hybridized carbons (Fsp3) is 0.542. The minimum Gasteiger partial charge on any atom is -0.496 e. The minimum absolute atomic E-state index is 0.0726. The molecule has 1 aromatic carbocycles. The number of nitrogens with one attached hydrogen (secondary N) is 1. The van der Waals surface area contributed by atoms with Crippen LogP contribution in [-0.2, 0) is 12.8 Å². The number of hydrogen-bond donors (Lipinski definition) is 2. The van der Waals surface area contributed by atoms with Crippen molar-refractivity contribution in [1.82, 2.24) is 15.1 Å². The molecule has 0 unspecified atom stereocenters. The summed E-state index contributed by atoms with van der Waals surface area (Å²) in [7, 11) is 1.72. The van der Waals surface area contributed by atoms with Gasteiger partial charge in [-0.15, -0.1) is 10.2 Å². The number of likely N-dealkylation sites (tertiary alicyclic amines) is 1. The summed E-state index contributed by atoms with van der Waals surface area (Å²) < 4.78 is 5.75. The van der Waals surface area contributed by atoms with Gasteiger partial charge >= 0.3 is 6.09 Å². The van der Waals surface area contributed by atoms with Gasteiger partial charge in [-0.2, -0.15) is 0 Å². The van der Waals surface area contributed by atoms with Crippen molar-refractivity contribution in [1.29, 1.82) is 0 Å².